The van der Waals surface area contributed by atoms with E-state index in [1.807, 2.05) is 18.2 Å². The maximum Gasteiger partial charge on any atom is 0.225 e. The second kappa shape index (κ2) is 10.7. The van der Waals surface area contributed by atoms with Crippen LogP contribution in [0.1, 0.15) is 24.3 Å². The van der Waals surface area contributed by atoms with Gasteiger partial charge in [0.05, 0.1) is 0 Å². The topological polar surface area (TPSA) is 68.8 Å². The largest absolute Gasteiger partial charge is 0.371 e. The summed E-state index contributed by atoms with van der Waals surface area (Å²) in [6.45, 7) is 3.73. The molecule has 0 saturated carbocycles. The number of guanidine groups is 1. The molecule has 0 aromatic heterocycles. The highest BCUT2D eigenvalue weighted by molar-refractivity contribution is 14.0. The summed E-state index contributed by atoms with van der Waals surface area (Å²) in [6, 6.07) is 18.6. The molecule has 4 rings (SSSR count). The highest BCUT2D eigenvalue weighted by Gasteiger charge is 2.25. The van der Waals surface area contributed by atoms with Gasteiger partial charge in [0, 0.05) is 56.9 Å². The van der Waals surface area contributed by atoms with E-state index < -0.39 is 0 Å². The van der Waals surface area contributed by atoms with E-state index in [9.17, 15) is 4.79 Å². The van der Waals surface area contributed by atoms with Gasteiger partial charge in [0.1, 0.15) is 0 Å². The van der Waals surface area contributed by atoms with Crippen molar-refractivity contribution in [2.24, 2.45) is 10.9 Å². The lowest BCUT2D eigenvalue weighted by atomic mass is 9.90. The van der Waals surface area contributed by atoms with Crippen LogP contribution in [0.3, 0.4) is 0 Å². The number of nitrogens with zero attached hydrogens (tertiary/aromatic N) is 2. The van der Waals surface area contributed by atoms with Crippen molar-refractivity contribution in [2.75, 3.05) is 43.4 Å². The second-order valence-corrected chi connectivity index (χ2v) is 7.81. The Balaban J connectivity index is 0.00000256. The predicted molar refractivity (Wildman–Crippen MR) is 134 cm³/mol. The van der Waals surface area contributed by atoms with E-state index in [1.54, 1.807) is 7.05 Å². The fraction of sp³-hybridized carbons (Fsp3) is 0.391. The lowest BCUT2D eigenvalue weighted by molar-refractivity contribution is -0.116. The van der Waals surface area contributed by atoms with Gasteiger partial charge >= 0.3 is 0 Å². The highest BCUT2D eigenvalue weighted by Crippen LogP contribution is 2.31. The SMILES string of the molecule is CN=C(NCC1CCN(c2ccccc2)C1)NCC1CC(=O)Nc2ccccc21.I. The van der Waals surface area contributed by atoms with Gasteiger partial charge in [0.25, 0.3) is 0 Å². The Bertz CT molecular complexity index is 873. The molecule has 0 bridgehead atoms. The first-order chi connectivity index (χ1) is 14.2. The van der Waals surface area contributed by atoms with Crippen LogP contribution in [-0.2, 0) is 4.79 Å². The number of hydrogen-bond donors (Lipinski definition) is 3. The number of fused-ring (bicyclic) bond motifs is 1. The number of anilines is 2. The Morgan fingerprint density at radius 2 is 1.83 bits per heavy atom. The average Bonchev–Trinajstić information content (AvgIpc) is 3.23. The van der Waals surface area contributed by atoms with E-state index in [0.717, 1.165) is 31.3 Å². The maximum absolute atomic E-state index is 12.0. The third kappa shape index (κ3) is 5.44. The first-order valence-corrected chi connectivity index (χ1v) is 10.4. The van der Waals surface area contributed by atoms with E-state index in [-0.39, 0.29) is 35.8 Å². The van der Waals surface area contributed by atoms with Gasteiger partial charge in [0.2, 0.25) is 5.91 Å². The fourth-order valence-corrected chi connectivity index (χ4v) is 4.24. The van der Waals surface area contributed by atoms with Crippen molar-refractivity contribution in [1.82, 2.24) is 10.6 Å². The minimum absolute atomic E-state index is 0. The van der Waals surface area contributed by atoms with E-state index in [4.69, 9.17) is 0 Å². The van der Waals surface area contributed by atoms with Crippen molar-refractivity contribution < 1.29 is 4.79 Å². The molecule has 2 aliphatic rings. The molecular weight excluding hydrogens is 489 g/mol. The summed E-state index contributed by atoms with van der Waals surface area (Å²) >= 11 is 0. The van der Waals surface area contributed by atoms with Crippen LogP contribution < -0.4 is 20.9 Å². The quantitative estimate of drug-likeness (QED) is 0.322. The summed E-state index contributed by atoms with van der Waals surface area (Å²) in [7, 11) is 1.79. The molecule has 2 aromatic carbocycles. The molecule has 0 aliphatic carbocycles. The zero-order chi connectivity index (χ0) is 20.1. The molecule has 0 radical (unpaired) electrons. The first-order valence-electron chi connectivity index (χ1n) is 10.4. The minimum atomic E-state index is 0. The zero-order valence-electron chi connectivity index (χ0n) is 17.3. The number of para-hydroxylation sites is 2. The van der Waals surface area contributed by atoms with Crippen LogP contribution in [0.5, 0.6) is 0 Å². The first kappa shape index (κ1) is 22.4. The fourth-order valence-electron chi connectivity index (χ4n) is 4.24. The summed E-state index contributed by atoms with van der Waals surface area (Å²) in [4.78, 5) is 18.8. The molecule has 2 unspecified atom stereocenters. The van der Waals surface area contributed by atoms with Gasteiger partial charge in [-0.3, -0.25) is 9.79 Å². The number of rotatable bonds is 5. The van der Waals surface area contributed by atoms with Crippen LogP contribution in [0.15, 0.2) is 59.6 Å². The summed E-state index contributed by atoms with van der Waals surface area (Å²) in [5, 5.41) is 9.84. The van der Waals surface area contributed by atoms with Crippen molar-refractivity contribution in [3.8, 4) is 0 Å². The number of halogens is 1. The molecule has 2 heterocycles. The van der Waals surface area contributed by atoms with E-state index in [0.29, 0.717) is 18.9 Å². The minimum Gasteiger partial charge on any atom is -0.371 e. The Labute approximate surface area is 195 Å². The smallest absolute Gasteiger partial charge is 0.225 e. The Kier molecular flexibility index (Phi) is 7.95. The number of benzene rings is 2. The van der Waals surface area contributed by atoms with E-state index in [2.05, 4.69) is 62.2 Å². The molecule has 2 aromatic rings. The normalized spacial score (nSPS) is 20.8. The standard InChI is InChI=1S/C23H29N5O.HI/c1-24-23(25-14-17-11-12-28(16-17)19-7-3-2-4-8-19)26-15-18-13-22(29)27-21-10-6-5-9-20(18)21;/h2-10,17-18H,11-16H2,1H3,(H,27,29)(H2,24,25,26);1H. The molecule has 2 aliphatic heterocycles. The number of hydrogen-bond acceptors (Lipinski definition) is 3. The second-order valence-electron chi connectivity index (χ2n) is 7.81. The van der Waals surface area contributed by atoms with Gasteiger partial charge in [-0.25, -0.2) is 0 Å². The third-order valence-electron chi connectivity index (χ3n) is 5.81. The molecular formula is C23H30IN5O. The molecule has 1 fully saturated rings. The number of carbonyl (C=O) groups is 1. The van der Waals surface area contributed by atoms with Crippen molar-refractivity contribution >= 4 is 47.2 Å². The summed E-state index contributed by atoms with van der Waals surface area (Å²) < 4.78 is 0. The van der Waals surface area contributed by atoms with Gasteiger partial charge in [-0.15, -0.1) is 24.0 Å². The maximum atomic E-state index is 12.0. The predicted octanol–water partition coefficient (Wildman–Crippen LogP) is 3.42. The van der Waals surface area contributed by atoms with E-state index >= 15 is 0 Å². The highest BCUT2D eigenvalue weighted by atomic mass is 127. The number of nitrogens with one attached hydrogen (secondary N) is 3. The van der Waals surface area contributed by atoms with Crippen molar-refractivity contribution in [1.29, 1.82) is 0 Å². The Hall–Kier alpha value is -2.29. The molecule has 1 amide bonds. The van der Waals surface area contributed by atoms with Crippen LogP contribution in [0.4, 0.5) is 11.4 Å². The van der Waals surface area contributed by atoms with Crippen molar-refractivity contribution in [3.63, 3.8) is 0 Å². The summed E-state index contributed by atoms with van der Waals surface area (Å²) in [5.41, 5.74) is 3.40. The van der Waals surface area contributed by atoms with Gasteiger partial charge in [0.15, 0.2) is 5.96 Å². The third-order valence-corrected chi connectivity index (χ3v) is 5.81. The summed E-state index contributed by atoms with van der Waals surface area (Å²) in [6.07, 6.45) is 1.67. The van der Waals surface area contributed by atoms with Gasteiger partial charge in [-0.05, 0) is 36.1 Å². The van der Waals surface area contributed by atoms with E-state index in [1.165, 1.54) is 17.7 Å². The lowest BCUT2D eigenvalue weighted by Crippen LogP contribution is -2.42. The van der Waals surface area contributed by atoms with Gasteiger partial charge < -0.3 is 20.9 Å². The average molecular weight is 519 g/mol. The van der Waals surface area contributed by atoms with Gasteiger partial charge in [-0.2, -0.15) is 0 Å². The molecule has 30 heavy (non-hydrogen) atoms. The summed E-state index contributed by atoms with van der Waals surface area (Å²) in [5.74, 6) is 1.62. The van der Waals surface area contributed by atoms with Crippen LogP contribution in [0.25, 0.3) is 0 Å². The molecule has 7 heteroatoms. The molecule has 1 saturated heterocycles. The monoisotopic (exact) mass is 519 g/mol. The van der Waals surface area contributed by atoms with Crippen LogP contribution >= 0.6 is 24.0 Å². The molecule has 0 spiro atoms. The van der Waals surface area contributed by atoms with Crippen LogP contribution in [0, 0.1) is 5.92 Å². The molecule has 3 N–H and O–H groups in total. The molecule has 2 atom stereocenters. The number of carbonyl (C=O) groups excluding carboxylic acids is 1. The van der Waals surface area contributed by atoms with Crippen molar-refractivity contribution in [2.45, 2.75) is 18.8 Å². The molecule has 160 valence electrons. The zero-order valence-corrected chi connectivity index (χ0v) is 19.6. The lowest BCUT2D eigenvalue weighted by Gasteiger charge is -2.26. The van der Waals surface area contributed by atoms with Crippen LogP contribution in [0.2, 0.25) is 0 Å². The van der Waals surface area contributed by atoms with Crippen molar-refractivity contribution in [3.05, 3.63) is 60.2 Å². The number of amides is 1. The Morgan fingerprint density at radius 1 is 1.10 bits per heavy atom. The number of aliphatic imine (C=N–C) groups is 1. The Morgan fingerprint density at radius 3 is 2.63 bits per heavy atom. The van der Waals surface area contributed by atoms with Crippen LogP contribution in [-0.4, -0.2) is 45.1 Å². The van der Waals surface area contributed by atoms with Gasteiger partial charge in [-0.1, -0.05) is 36.4 Å². The molecule has 6 nitrogen and oxygen atoms in total.